The lowest BCUT2D eigenvalue weighted by molar-refractivity contribution is -0.143. The van der Waals surface area contributed by atoms with Crippen LogP contribution in [0.15, 0.2) is 77.9 Å². The molecule has 0 saturated carbocycles. The summed E-state index contributed by atoms with van der Waals surface area (Å²) >= 11 is 0. The highest BCUT2D eigenvalue weighted by Gasteiger charge is 2.45. The number of carbonyl (C=O) groups is 2. The lowest BCUT2D eigenvalue weighted by atomic mass is 9.99. The summed E-state index contributed by atoms with van der Waals surface area (Å²) in [6, 6.07) is 16.3. The van der Waals surface area contributed by atoms with Gasteiger partial charge in [0.1, 0.15) is 0 Å². The van der Waals surface area contributed by atoms with Crippen molar-refractivity contribution in [3.05, 3.63) is 94.5 Å². The number of alkyl halides is 2. The van der Waals surface area contributed by atoms with Gasteiger partial charge in [0.2, 0.25) is 11.5 Å². The van der Waals surface area contributed by atoms with E-state index in [9.17, 15) is 23.2 Å². The van der Waals surface area contributed by atoms with Crippen molar-refractivity contribution in [2.75, 3.05) is 4.90 Å². The van der Waals surface area contributed by atoms with Crippen molar-refractivity contribution >= 4 is 28.4 Å². The topological polar surface area (TPSA) is 89.2 Å². The molecule has 0 aliphatic carbocycles. The van der Waals surface area contributed by atoms with Gasteiger partial charge in [-0.1, -0.05) is 36.4 Å². The number of hydrogen-bond acceptors (Lipinski definition) is 4. The minimum absolute atomic E-state index is 0.0980. The second-order valence-electron chi connectivity index (χ2n) is 9.32. The quantitative estimate of drug-likeness (QED) is 0.435. The molecule has 2 aromatic heterocycles. The van der Waals surface area contributed by atoms with Crippen LogP contribution in [0.25, 0.3) is 10.9 Å². The van der Waals surface area contributed by atoms with E-state index in [1.54, 1.807) is 53.3 Å². The van der Waals surface area contributed by atoms with Gasteiger partial charge in [0, 0.05) is 43.7 Å². The number of rotatable bonds is 6. The molecule has 0 radical (unpaired) electrons. The van der Waals surface area contributed by atoms with E-state index in [0.29, 0.717) is 19.2 Å². The average molecular weight is 506 g/mol. The number of pyridine rings is 1. The molecule has 1 saturated heterocycles. The van der Waals surface area contributed by atoms with Gasteiger partial charge >= 0.3 is 5.92 Å². The van der Waals surface area contributed by atoms with Crippen LogP contribution in [0.4, 0.5) is 14.5 Å². The van der Waals surface area contributed by atoms with Crippen molar-refractivity contribution in [2.45, 2.75) is 37.9 Å². The van der Waals surface area contributed by atoms with Gasteiger partial charge < -0.3 is 14.8 Å². The first-order valence-electron chi connectivity index (χ1n) is 11.8. The predicted octanol–water partition coefficient (Wildman–Crippen LogP) is 3.40. The molecule has 37 heavy (non-hydrogen) atoms. The standard InChI is InChI=1S/C27H25F2N5O3/c1-27(28,29)26(37)31-21-13-24(36)34(25(21)18-6-4-3-5-7-18)20-9-10-22-19(12-20)14-30-33(22)16-17-8-11-23(35)32(2)15-17/h3-12,14-15,21,25H,13,16H2,1-2H3,(H,31,37)/t21-,25+/m0/s1. The highest BCUT2D eigenvalue weighted by atomic mass is 19.3. The van der Waals surface area contributed by atoms with Gasteiger partial charge in [-0.15, -0.1) is 0 Å². The van der Waals surface area contributed by atoms with E-state index in [2.05, 4.69) is 10.4 Å². The molecule has 0 bridgehead atoms. The highest BCUT2D eigenvalue weighted by Crippen LogP contribution is 2.38. The molecule has 0 spiro atoms. The van der Waals surface area contributed by atoms with Gasteiger partial charge in [-0.05, 0) is 29.3 Å². The smallest absolute Gasteiger partial charge is 0.321 e. The number of nitrogens with zero attached hydrogens (tertiary/aromatic N) is 4. The molecule has 0 unspecified atom stereocenters. The summed E-state index contributed by atoms with van der Waals surface area (Å²) in [5.41, 5.74) is 2.94. The normalized spacial score (nSPS) is 17.9. The third-order valence-corrected chi connectivity index (χ3v) is 6.56. The number of aromatic nitrogens is 3. The van der Waals surface area contributed by atoms with E-state index in [-0.39, 0.29) is 17.9 Å². The van der Waals surface area contributed by atoms with Crippen LogP contribution in [0.5, 0.6) is 0 Å². The molecule has 5 rings (SSSR count). The molecular weight excluding hydrogens is 480 g/mol. The second-order valence-corrected chi connectivity index (χ2v) is 9.32. The minimum Gasteiger partial charge on any atom is -0.345 e. The predicted molar refractivity (Wildman–Crippen MR) is 134 cm³/mol. The fraction of sp³-hybridized carbons (Fsp3) is 0.259. The number of aryl methyl sites for hydroxylation is 1. The number of halogens is 2. The van der Waals surface area contributed by atoms with Crippen LogP contribution < -0.4 is 15.8 Å². The van der Waals surface area contributed by atoms with E-state index in [1.807, 2.05) is 30.3 Å². The lowest BCUT2D eigenvalue weighted by Gasteiger charge is -2.29. The minimum atomic E-state index is -3.56. The van der Waals surface area contributed by atoms with Crippen molar-refractivity contribution in [3.63, 3.8) is 0 Å². The number of carbonyl (C=O) groups excluding carboxylic acids is 2. The Morgan fingerprint density at radius 1 is 1.11 bits per heavy atom. The fourth-order valence-electron chi connectivity index (χ4n) is 4.76. The highest BCUT2D eigenvalue weighted by molar-refractivity contribution is 6.00. The average Bonchev–Trinajstić information content (AvgIpc) is 3.41. The number of fused-ring (bicyclic) bond motifs is 1. The molecule has 2 atom stereocenters. The lowest BCUT2D eigenvalue weighted by Crippen LogP contribution is -2.46. The monoisotopic (exact) mass is 505 g/mol. The van der Waals surface area contributed by atoms with Crippen LogP contribution in [0.3, 0.4) is 0 Å². The van der Waals surface area contributed by atoms with Crippen molar-refractivity contribution < 1.29 is 18.4 Å². The Morgan fingerprint density at radius 2 is 1.86 bits per heavy atom. The molecule has 10 heteroatoms. The van der Waals surface area contributed by atoms with Gasteiger partial charge in [-0.2, -0.15) is 13.9 Å². The molecule has 1 aliphatic heterocycles. The molecule has 4 aromatic rings. The summed E-state index contributed by atoms with van der Waals surface area (Å²) in [5, 5.41) is 7.64. The van der Waals surface area contributed by atoms with Crippen LogP contribution in [0, 0.1) is 0 Å². The van der Waals surface area contributed by atoms with Crippen molar-refractivity contribution in [1.29, 1.82) is 0 Å². The largest absolute Gasteiger partial charge is 0.345 e. The summed E-state index contributed by atoms with van der Waals surface area (Å²) in [6.45, 7) is 0.987. The summed E-state index contributed by atoms with van der Waals surface area (Å²) in [5.74, 6) is -5.25. The first-order valence-corrected chi connectivity index (χ1v) is 11.8. The van der Waals surface area contributed by atoms with Crippen molar-refractivity contribution in [3.8, 4) is 0 Å². The zero-order valence-electron chi connectivity index (χ0n) is 20.3. The molecule has 1 N–H and O–H groups in total. The van der Waals surface area contributed by atoms with Gasteiger partial charge in [0.15, 0.2) is 0 Å². The van der Waals surface area contributed by atoms with E-state index in [0.717, 1.165) is 22.0 Å². The SMILES string of the molecule is Cn1cc(Cn2ncc3cc(N4C(=O)C[C@H](NC(=O)C(C)(F)F)[C@H]4c4ccccc4)ccc32)ccc1=O. The Bertz CT molecular complexity index is 1540. The molecule has 190 valence electrons. The molecule has 1 fully saturated rings. The summed E-state index contributed by atoms with van der Waals surface area (Å²) in [6.07, 6.45) is 3.34. The van der Waals surface area contributed by atoms with E-state index < -0.39 is 23.9 Å². The first kappa shape index (κ1) is 24.4. The number of nitrogens with one attached hydrogen (secondary N) is 1. The molecular formula is C27H25F2N5O3. The second kappa shape index (κ2) is 9.27. The van der Waals surface area contributed by atoms with Crippen LogP contribution in [0.1, 0.15) is 30.5 Å². The summed E-state index contributed by atoms with van der Waals surface area (Å²) in [7, 11) is 1.69. The zero-order chi connectivity index (χ0) is 26.3. The van der Waals surface area contributed by atoms with E-state index >= 15 is 0 Å². The van der Waals surface area contributed by atoms with E-state index in [1.165, 1.54) is 10.6 Å². The fourth-order valence-corrected chi connectivity index (χ4v) is 4.76. The van der Waals surface area contributed by atoms with E-state index in [4.69, 9.17) is 0 Å². The Morgan fingerprint density at radius 3 is 2.57 bits per heavy atom. The number of hydrogen-bond donors (Lipinski definition) is 1. The third kappa shape index (κ3) is 4.74. The Hall–Kier alpha value is -4.34. The Kier molecular flexibility index (Phi) is 6.10. The van der Waals surface area contributed by atoms with Crippen LogP contribution >= 0.6 is 0 Å². The summed E-state index contributed by atoms with van der Waals surface area (Å²) < 4.78 is 30.6. The van der Waals surface area contributed by atoms with Crippen molar-refractivity contribution in [2.24, 2.45) is 7.05 Å². The molecule has 2 amide bonds. The molecule has 1 aliphatic rings. The maximum Gasteiger partial charge on any atom is 0.321 e. The molecule has 3 heterocycles. The molecule has 2 aromatic carbocycles. The third-order valence-electron chi connectivity index (χ3n) is 6.56. The van der Waals surface area contributed by atoms with Crippen LogP contribution in [-0.4, -0.2) is 38.1 Å². The number of amides is 2. The number of benzene rings is 2. The zero-order valence-corrected chi connectivity index (χ0v) is 20.3. The van der Waals surface area contributed by atoms with Gasteiger partial charge in [0.05, 0.1) is 30.3 Å². The van der Waals surface area contributed by atoms with Gasteiger partial charge in [-0.25, -0.2) is 0 Å². The van der Waals surface area contributed by atoms with Crippen LogP contribution in [-0.2, 0) is 23.2 Å². The summed E-state index contributed by atoms with van der Waals surface area (Å²) in [4.78, 5) is 38.5. The Balaban J connectivity index is 1.49. The Labute approximate surface area is 211 Å². The van der Waals surface area contributed by atoms with Gasteiger partial charge in [-0.3, -0.25) is 19.1 Å². The van der Waals surface area contributed by atoms with Crippen molar-refractivity contribution in [1.82, 2.24) is 19.7 Å². The maximum atomic E-state index is 13.7. The van der Waals surface area contributed by atoms with Gasteiger partial charge in [0.25, 0.3) is 5.91 Å². The van der Waals surface area contributed by atoms with Crippen LogP contribution in [0.2, 0.25) is 0 Å². The maximum absolute atomic E-state index is 13.7. The number of anilines is 1. The molecule has 8 nitrogen and oxygen atoms in total. The first-order chi connectivity index (χ1) is 17.6.